The number of aryl methyl sites for hydroxylation is 1. The first-order valence-corrected chi connectivity index (χ1v) is 4.90. The Morgan fingerprint density at radius 1 is 1.53 bits per heavy atom. The lowest BCUT2D eigenvalue weighted by molar-refractivity contribution is -0.115. The second-order valence-corrected chi connectivity index (χ2v) is 4.55. The summed E-state index contributed by atoms with van der Waals surface area (Å²) in [5, 5.41) is 9.82. The van der Waals surface area contributed by atoms with Crippen molar-refractivity contribution in [3.05, 3.63) is 12.4 Å². The van der Waals surface area contributed by atoms with Crippen LogP contribution in [0.15, 0.2) is 12.4 Å². The molecule has 1 heterocycles. The molecule has 0 spiro atoms. The number of nitrogens with zero attached hydrogens (tertiary/aromatic N) is 2. The number of rotatable bonds is 3. The molecule has 1 aromatic heterocycles. The number of hydrogen-bond donors (Lipinski definition) is 2. The molecule has 0 saturated heterocycles. The van der Waals surface area contributed by atoms with Crippen molar-refractivity contribution in [2.75, 3.05) is 11.9 Å². The minimum absolute atomic E-state index is 0.0493. The van der Waals surface area contributed by atoms with E-state index in [0.29, 0.717) is 6.54 Å². The van der Waals surface area contributed by atoms with Crippen molar-refractivity contribution in [1.29, 1.82) is 0 Å². The fraction of sp³-hybridized carbons (Fsp3) is 0.600. The lowest BCUT2D eigenvalue weighted by Gasteiger charge is -2.19. The van der Waals surface area contributed by atoms with E-state index >= 15 is 0 Å². The van der Waals surface area contributed by atoms with Gasteiger partial charge in [0.25, 0.3) is 0 Å². The van der Waals surface area contributed by atoms with Gasteiger partial charge in [0.15, 0.2) is 0 Å². The van der Waals surface area contributed by atoms with Gasteiger partial charge in [-0.25, -0.2) is 0 Å². The second kappa shape index (κ2) is 4.44. The van der Waals surface area contributed by atoms with E-state index in [0.717, 1.165) is 5.69 Å². The van der Waals surface area contributed by atoms with Gasteiger partial charge < -0.3 is 10.6 Å². The largest absolute Gasteiger partial charge is 0.322 e. The average Bonchev–Trinajstić information content (AvgIpc) is 2.47. The molecule has 15 heavy (non-hydrogen) atoms. The highest BCUT2D eigenvalue weighted by atomic mass is 16.1. The highest BCUT2D eigenvalue weighted by Gasteiger charge is 2.11. The van der Waals surface area contributed by atoms with Crippen LogP contribution < -0.4 is 10.6 Å². The molecule has 0 fully saturated rings. The Morgan fingerprint density at radius 3 is 2.67 bits per heavy atom. The van der Waals surface area contributed by atoms with Gasteiger partial charge in [-0.2, -0.15) is 5.10 Å². The van der Waals surface area contributed by atoms with Gasteiger partial charge in [0, 0.05) is 18.8 Å². The maximum absolute atomic E-state index is 11.5. The standard InChI is InChI=1S/C10H18N4O/c1-10(2,3)11-6-9(15)13-8-5-12-14(4)7-8/h5,7,11H,6H2,1-4H3,(H,13,15). The van der Waals surface area contributed by atoms with E-state index in [9.17, 15) is 4.79 Å². The Labute approximate surface area is 89.9 Å². The van der Waals surface area contributed by atoms with Crippen molar-refractivity contribution in [2.45, 2.75) is 26.3 Å². The first kappa shape index (κ1) is 11.7. The summed E-state index contributed by atoms with van der Waals surface area (Å²) in [6.45, 7) is 6.36. The molecule has 1 amide bonds. The monoisotopic (exact) mass is 210 g/mol. The molecule has 84 valence electrons. The third kappa shape index (κ3) is 4.60. The van der Waals surface area contributed by atoms with Crippen molar-refractivity contribution in [1.82, 2.24) is 15.1 Å². The van der Waals surface area contributed by atoms with Gasteiger partial charge in [0.2, 0.25) is 5.91 Å². The molecule has 0 aliphatic carbocycles. The van der Waals surface area contributed by atoms with E-state index in [1.54, 1.807) is 17.1 Å². The number of carbonyl (C=O) groups excluding carboxylic acids is 1. The number of aromatic nitrogens is 2. The van der Waals surface area contributed by atoms with E-state index in [4.69, 9.17) is 0 Å². The average molecular weight is 210 g/mol. The molecule has 0 saturated carbocycles. The van der Waals surface area contributed by atoms with Crippen molar-refractivity contribution in [2.24, 2.45) is 7.05 Å². The van der Waals surface area contributed by atoms with Crippen LogP contribution in [0.2, 0.25) is 0 Å². The van der Waals surface area contributed by atoms with Gasteiger partial charge in [0.05, 0.1) is 18.4 Å². The van der Waals surface area contributed by atoms with E-state index in [1.165, 1.54) is 0 Å². The Hall–Kier alpha value is -1.36. The lowest BCUT2D eigenvalue weighted by atomic mass is 10.1. The van der Waals surface area contributed by atoms with Crippen molar-refractivity contribution < 1.29 is 4.79 Å². The Balaban J connectivity index is 2.37. The third-order valence-electron chi connectivity index (χ3n) is 1.77. The molecule has 5 nitrogen and oxygen atoms in total. The molecular weight excluding hydrogens is 192 g/mol. The molecule has 0 aliphatic heterocycles. The van der Waals surface area contributed by atoms with E-state index in [-0.39, 0.29) is 11.4 Å². The summed E-state index contributed by atoms with van der Waals surface area (Å²) >= 11 is 0. The maximum Gasteiger partial charge on any atom is 0.238 e. The fourth-order valence-electron chi connectivity index (χ4n) is 1.04. The fourth-order valence-corrected chi connectivity index (χ4v) is 1.04. The summed E-state index contributed by atoms with van der Waals surface area (Å²) in [6.07, 6.45) is 3.38. The molecule has 0 aromatic carbocycles. The molecule has 0 unspecified atom stereocenters. The normalized spacial score (nSPS) is 11.5. The predicted molar refractivity (Wildman–Crippen MR) is 59.6 cm³/mol. The zero-order valence-corrected chi connectivity index (χ0v) is 9.66. The molecule has 1 aromatic rings. The second-order valence-electron chi connectivity index (χ2n) is 4.55. The van der Waals surface area contributed by atoms with Gasteiger partial charge in [-0.1, -0.05) is 0 Å². The van der Waals surface area contributed by atoms with Crippen molar-refractivity contribution in [3.8, 4) is 0 Å². The van der Waals surface area contributed by atoms with Gasteiger partial charge in [0.1, 0.15) is 0 Å². The van der Waals surface area contributed by atoms with Gasteiger partial charge >= 0.3 is 0 Å². The molecule has 5 heteroatoms. The zero-order chi connectivity index (χ0) is 11.5. The molecule has 0 atom stereocenters. The van der Waals surface area contributed by atoms with Crippen LogP contribution in [0.25, 0.3) is 0 Å². The summed E-state index contributed by atoms with van der Waals surface area (Å²) in [6, 6.07) is 0. The van der Waals surface area contributed by atoms with Crippen LogP contribution in [0.5, 0.6) is 0 Å². The van der Waals surface area contributed by atoms with Crippen LogP contribution >= 0.6 is 0 Å². The molecule has 1 rings (SSSR count). The summed E-state index contributed by atoms with van der Waals surface area (Å²) in [5.74, 6) is -0.0575. The first-order valence-electron chi connectivity index (χ1n) is 4.90. The van der Waals surface area contributed by atoms with Gasteiger partial charge in [-0.15, -0.1) is 0 Å². The Kier molecular flexibility index (Phi) is 3.47. The summed E-state index contributed by atoms with van der Waals surface area (Å²) < 4.78 is 1.65. The number of carbonyl (C=O) groups is 1. The van der Waals surface area contributed by atoms with Crippen molar-refractivity contribution in [3.63, 3.8) is 0 Å². The molecule has 0 radical (unpaired) electrons. The smallest absolute Gasteiger partial charge is 0.238 e. The van der Waals surface area contributed by atoms with Gasteiger partial charge in [-0.3, -0.25) is 9.48 Å². The number of anilines is 1. The highest BCUT2D eigenvalue weighted by molar-refractivity contribution is 5.91. The van der Waals surface area contributed by atoms with Crippen LogP contribution in [0, 0.1) is 0 Å². The lowest BCUT2D eigenvalue weighted by Crippen LogP contribution is -2.41. The van der Waals surface area contributed by atoms with Crippen LogP contribution in [0.4, 0.5) is 5.69 Å². The van der Waals surface area contributed by atoms with Crippen LogP contribution in [-0.2, 0) is 11.8 Å². The quantitative estimate of drug-likeness (QED) is 0.774. The zero-order valence-electron chi connectivity index (χ0n) is 9.66. The van der Waals surface area contributed by atoms with Crippen LogP contribution in [0.1, 0.15) is 20.8 Å². The summed E-state index contributed by atoms with van der Waals surface area (Å²) in [4.78, 5) is 11.5. The summed E-state index contributed by atoms with van der Waals surface area (Å²) in [5.41, 5.74) is 0.671. The Morgan fingerprint density at radius 2 is 2.20 bits per heavy atom. The van der Waals surface area contributed by atoms with Crippen LogP contribution in [-0.4, -0.2) is 27.8 Å². The minimum Gasteiger partial charge on any atom is -0.322 e. The maximum atomic E-state index is 11.5. The number of hydrogen-bond acceptors (Lipinski definition) is 3. The molecular formula is C10H18N4O. The van der Waals surface area contributed by atoms with Gasteiger partial charge in [-0.05, 0) is 20.8 Å². The van der Waals surface area contributed by atoms with E-state index in [2.05, 4.69) is 15.7 Å². The van der Waals surface area contributed by atoms with E-state index < -0.39 is 0 Å². The van der Waals surface area contributed by atoms with Crippen LogP contribution in [0.3, 0.4) is 0 Å². The third-order valence-corrected chi connectivity index (χ3v) is 1.77. The van der Waals surface area contributed by atoms with Crippen molar-refractivity contribution >= 4 is 11.6 Å². The molecule has 0 bridgehead atoms. The Bertz CT molecular complexity index is 337. The topological polar surface area (TPSA) is 59.0 Å². The van der Waals surface area contributed by atoms with E-state index in [1.807, 2.05) is 27.8 Å². The first-order chi connectivity index (χ1) is 6.87. The molecule has 0 aliphatic rings. The number of nitrogens with one attached hydrogen (secondary N) is 2. The highest BCUT2D eigenvalue weighted by Crippen LogP contribution is 2.03. The summed E-state index contributed by atoms with van der Waals surface area (Å²) in [7, 11) is 1.81. The SMILES string of the molecule is Cn1cc(NC(=O)CNC(C)(C)C)cn1. The number of amides is 1. The predicted octanol–water partition coefficient (Wildman–Crippen LogP) is 0.747. The molecule has 2 N–H and O–H groups in total. The minimum atomic E-state index is -0.0575.